The number of hydrogen-bond donors (Lipinski definition) is 0. The van der Waals surface area contributed by atoms with Crippen LogP contribution in [0, 0.1) is 5.92 Å². The van der Waals surface area contributed by atoms with E-state index in [1.54, 1.807) is 0 Å². The topological polar surface area (TPSA) is 15.7 Å². The first-order valence-electron chi connectivity index (χ1n) is 7.89. The average molecular weight is 252 g/mol. The van der Waals surface area contributed by atoms with Gasteiger partial charge in [-0.3, -0.25) is 9.80 Å². The fourth-order valence-electron chi connectivity index (χ4n) is 3.93. The van der Waals surface area contributed by atoms with Crippen LogP contribution in [0.2, 0.25) is 0 Å². The van der Waals surface area contributed by atoms with Crippen LogP contribution < -0.4 is 0 Å². The Morgan fingerprint density at radius 1 is 1.06 bits per heavy atom. The Morgan fingerprint density at radius 2 is 1.89 bits per heavy atom. The number of ether oxygens (including phenoxy) is 1. The van der Waals surface area contributed by atoms with Crippen molar-refractivity contribution in [3.63, 3.8) is 0 Å². The molecule has 3 heteroatoms. The van der Waals surface area contributed by atoms with Gasteiger partial charge >= 0.3 is 0 Å². The van der Waals surface area contributed by atoms with Crippen LogP contribution in [0.1, 0.15) is 39.0 Å². The summed E-state index contributed by atoms with van der Waals surface area (Å²) in [7, 11) is 0. The summed E-state index contributed by atoms with van der Waals surface area (Å²) in [6, 6.07) is 1.61. The lowest BCUT2D eigenvalue weighted by atomic mass is 9.94. The highest BCUT2D eigenvalue weighted by Gasteiger charge is 2.33. The van der Waals surface area contributed by atoms with E-state index < -0.39 is 0 Å². The van der Waals surface area contributed by atoms with Gasteiger partial charge in [0.15, 0.2) is 0 Å². The van der Waals surface area contributed by atoms with Crippen molar-refractivity contribution in [3.05, 3.63) is 0 Å². The van der Waals surface area contributed by atoms with Crippen molar-refractivity contribution in [2.45, 2.75) is 51.1 Å². The lowest BCUT2D eigenvalue weighted by Gasteiger charge is -2.48. The zero-order valence-corrected chi connectivity index (χ0v) is 11.8. The molecule has 3 rings (SSSR count). The van der Waals surface area contributed by atoms with Gasteiger partial charge in [0.2, 0.25) is 0 Å². The number of nitrogens with zero attached hydrogens (tertiary/aromatic N) is 2. The number of piperidine rings is 1. The van der Waals surface area contributed by atoms with E-state index in [1.165, 1.54) is 58.3 Å². The highest BCUT2D eigenvalue weighted by Crippen LogP contribution is 2.26. The summed E-state index contributed by atoms with van der Waals surface area (Å²) >= 11 is 0. The molecular weight excluding hydrogens is 224 g/mol. The van der Waals surface area contributed by atoms with Crippen LogP contribution in [-0.4, -0.2) is 61.3 Å². The third-order valence-electron chi connectivity index (χ3n) is 5.15. The van der Waals surface area contributed by atoms with E-state index in [4.69, 9.17) is 4.74 Å². The zero-order valence-electron chi connectivity index (χ0n) is 11.8. The SMILES string of the molecule is CC1CN2CCCCC2CN1CC1CCOCC1. The van der Waals surface area contributed by atoms with E-state index in [0.29, 0.717) is 0 Å². The lowest BCUT2D eigenvalue weighted by molar-refractivity contribution is -0.00814. The Morgan fingerprint density at radius 3 is 2.72 bits per heavy atom. The van der Waals surface area contributed by atoms with Gasteiger partial charge in [-0.05, 0) is 45.1 Å². The van der Waals surface area contributed by atoms with Gasteiger partial charge in [0.1, 0.15) is 0 Å². The Bertz CT molecular complexity index is 263. The minimum absolute atomic E-state index is 0.752. The van der Waals surface area contributed by atoms with Crippen molar-refractivity contribution in [2.24, 2.45) is 5.92 Å². The molecule has 0 aromatic rings. The maximum Gasteiger partial charge on any atom is 0.0469 e. The van der Waals surface area contributed by atoms with Gasteiger partial charge in [-0.1, -0.05) is 6.42 Å². The van der Waals surface area contributed by atoms with Gasteiger partial charge in [-0.15, -0.1) is 0 Å². The van der Waals surface area contributed by atoms with Crippen LogP contribution >= 0.6 is 0 Å². The van der Waals surface area contributed by atoms with E-state index in [0.717, 1.165) is 31.2 Å². The molecule has 0 aliphatic carbocycles. The third-order valence-corrected chi connectivity index (χ3v) is 5.15. The first-order valence-corrected chi connectivity index (χ1v) is 7.89. The first kappa shape index (κ1) is 12.9. The second kappa shape index (κ2) is 5.89. The quantitative estimate of drug-likeness (QED) is 0.747. The molecule has 0 saturated carbocycles. The lowest BCUT2D eigenvalue weighted by Crippen LogP contribution is -2.59. The van der Waals surface area contributed by atoms with Crippen LogP contribution in [0.3, 0.4) is 0 Å². The van der Waals surface area contributed by atoms with E-state index in [1.807, 2.05) is 0 Å². The van der Waals surface area contributed by atoms with Gasteiger partial charge in [-0.2, -0.15) is 0 Å². The van der Waals surface area contributed by atoms with Crippen LogP contribution in [0.5, 0.6) is 0 Å². The normalized spacial score (nSPS) is 36.5. The molecule has 3 aliphatic rings. The van der Waals surface area contributed by atoms with Crippen LogP contribution in [-0.2, 0) is 4.74 Å². The van der Waals surface area contributed by atoms with Crippen molar-refractivity contribution >= 4 is 0 Å². The smallest absolute Gasteiger partial charge is 0.0469 e. The van der Waals surface area contributed by atoms with Crippen molar-refractivity contribution in [1.29, 1.82) is 0 Å². The summed E-state index contributed by atoms with van der Waals surface area (Å²) < 4.78 is 5.47. The van der Waals surface area contributed by atoms with E-state index in [9.17, 15) is 0 Å². The molecule has 0 radical (unpaired) electrons. The average Bonchev–Trinajstić information content (AvgIpc) is 2.41. The van der Waals surface area contributed by atoms with Crippen molar-refractivity contribution in [1.82, 2.24) is 9.80 Å². The molecule has 3 fully saturated rings. The molecule has 0 bridgehead atoms. The van der Waals surface area contributed by atoms with Gasteiger partial charge in [0, 0.05) is 44.9 Å². The highest BCUT2D eigenvalue weighted by molar-refractivity contribution is 4.89. The molecule has 3 nitrogen and oxygen atoms in total. The van der Waals surface area contributed by atoms with Gasteiger partial charge in [0.25, 0.3) is 0 Å². The maximum atomic E-state index is 5.47. The summed E-state index contributed by atoms with van der Waals surface area (Å²) in [6.07, 6.45) is 6.84. The minimum Gasteiger partial charge on any atom is -0.381 e. The molecule has 0 aromatic heterocycles. The molecular formula is C15H28N2O. The highest BCUT2D eigenvalue weighted by atomic mass is 16.5. The Hall–Kier alpha value is -0.120. The Kier molecular flexibility index (Phi) is 4.22. The zero-order chi connectivity index (χ0) is 12.4. The third kappa shape index (κ3) is 2.89. The summed E-state index contributed by atoms with van der Waals surface area (Å²) in [5, 5.41) is 0. The standard InChI is InChI=1S/C15H28N2O/c1-13-10-16-7-3-2-4-15(16)12-17(13)11-14-5-8-18-9-6-14/h13-15H,2-12H2,1H3. The molecule has 0 spiro atoms. The predicted molar refractivity (Wildman–Crippen MR) is 73.8 cm³/mol. The van der Waals surface area contributed by atoms with Crippen molar-refractivity contribution in [3.8, 4) is 0 Å². The van der Waals surface area contributed by atoms with Crippen LogP contribution in [0.4, 0.5) is 0 Å². The summed E-state index contributed by atoms with van der Waals surface area (Å²) in [5.74, 6) is 0.886. The molecule has 2 unspecified atom stereocenters. The molecule has 104 valence electrons. The fourth-order valence-corrected chi connectivity index (χ4v) is 3.93. The molecule has 2 atom stereocenters. The predicted octanol–water partition coefficient (Wildman–Crippen LogP) is 1.97. The summed E-state index contributed by atoms with van der Waals surface area (Å²) in [6.45, 7) is 9.68. The Balaban J connectivity index is 1.54. The van der Waals surface area contributed by atoms with Gasteiger partial charge < -0.3 is 4.74 Å². The maximum absolute atomic E-state index is 5.47. The largest absolute Gasteiger partial charge is 0.381 e. The molecule has 3 heterocycles. The summed E-state index contributed by atoms with van der Waals surface area (Å²) in [5.41, 5.74) is 0. The number of piperazine rings is 1. The molecule has 0 amide bonds. The first-order chi connectivity index (χ1) is 8.83. The molecule has 0 N–H and O–H groups in total. The van der Waals surface area contributed by atoms with Crippen molar-refractivity contribution in [2.75, 3.05) is 39.4 Å². The van der Waals surface area contributed by atoms with E-state index in [2.05, 4.69) is 16.7 Å². The monoisotopic (exact) mass is 252 g/mol. The second-order valence-electron chi connectivity index (χ2n) is 6.50. The van der Waals surface area contributed by atoms with E-state index in [-0.39, 0.29) is 0 Å². The minimum atomic E-state index is 0.752. The number of hydrogen-bond acceptors (Lipinski definition) is 3. The molecule has 18 heavy (non-hydrogen) atoms. The molecule has 3 saturated heterocycles. The number of fused-ring (bicyclic) bond motifs is 1. The molecule has 0 aromatic carbocycles. The van der Waals surface area contributed by atoms with Gasteiger partial charge in [-0.25, -0.2) is 0 Å². The molecule has 3 aliphatic heterocycles. The Labute approximate surface area is 111 Å². The summed E-state index contributed by atoms with van der Waals surface area (Å²) in [4.78, 5) is 5.51. The fraction of sp³-hybridized carbons (Fsp3) is 1.00. The van der Waals surface area contributed by atoms with Crippen LogP contribution in [0.25, 0.3) is 0 Å². The second-order valence-corrected chi connectivity index (χ2v) is 6.50. The van der Waals surface area contributed by atoms with Crippen LogP contribution in [0.15, 0.2) is 0 Å². The van der Waals surface area contributed by atoms with Gasteiger partial charge in [0.05, 0.1) is 0 Å². The number of rotatable bonds is 2. The van der Waals surface area contributed by atoms with E-state index >= 15 is 0 Å². The van der Waals surface area contributed by atoms with Crippen molar-refractivity contribution < 1.29 is 4.74 Å².